The number of ether oxygens (including phenoxy) is 2. The summed E-state index contributed by atoms with van der Waals surface area (Å²) in [6, 6.07) is 5.78. The summed E-state index contributed by atoms with van der Waals surface area (Å²) >= 11 is 0. The van der Waals surface area contributed by atoms with Gasteiger partial charge in [0.05, 0.1) is 18.2 Å². The zero-order chi connectivity index (χ0) is 17.7. The summed E-state index contributed by atoms with van der Waals surface area (Å²) in [7, 11) is 1.61. The Labute approximate surface area is 139 Å². The molecule has 23 heavy (non-hydrogen) atoms. The van der Waals surface area contributed by atoms with Gasteiger partial charge in [0, 0.05) is 5.54 Å². The lowest BCUT2D eigenvalue weighted by Crippen LogP contribution is -2.92. The maximum Gasteiger partial charge on any atom is 0.258 e. The Balaban J connectivity index is 2.84. The maximum atomic E-state index is 12.0. The van der Waals surface area contributed by atoms with Gasteiger partial charge in [0.15, 0.2) is 18.1 Å². The second-order valence-electron chi connectivity index (χ2n) is 7.81. The first-order valence-electron chi connectivity index (χ1n) is 7.96. The van der Waals surface area contributed by atoms with Crippen molar-refractivity contribution in [1.82, 2.24) is 5.32 Å². The molecule has 130 valence electrons. The van der Waals surface area contributed by atoms with Gasteiger partial charge < -0.3 is 20.1 Å². The number of para-hydroxylation sites is 1. The number of quaternary nitrogens is 1. The molecule has 1 rings (SSSR count). The molecule has 0 bridgehead atoms. The van der Waals surface area contributed by atoms with Gasteiger partial charge in [-0.05, 0) is 53.7 Å². The van der Waals surface area contributed by atoms with Gasteiger partial charge in [-0.25, -0.2) is 0 Å². The second-order valence-corrected chi connectivity index (χ2v) is 7.81. The van der Waals surface area contributed by atoms with E-state index in [1.807, 2.05) is 39.0 Å². The number of hydrogen-bond donors (Lipinski definition) is 2. The van der Waals surface area contributed by atoms with Crippen LogP contribution in [0.2, 0.25) is 0 Å². The van der Waals surface area contributed by atoms with Crippen LogP contribution in [0.3, 0.4) is 0 Å². The fraction of sp³-hybridized carbons (Fsp3) is 0.611. The van der Waals surface area contributed by atoms with E-state index in [4.69, 9.17) is 9.47 Å². The van der Waals surface area contributed by atoms with E-state index < -0.39 is 0 Å². The summed E-state index contributed by atoms with van der Waals surface area (Å²) in [5.41, 5.74) is 0.858. The van der Waals surface area contributed by atoms with Crippen molar-refractivity contribution >= 4 is 5.91 Å². The number of carbonyl (C=O) groups is 1. The standard InChI is InChI=1S/C18H30N2O3/c1-17(2,3)19-11-13-9-8-10-14(22-7)16(13)23-12-15(21)20-18(4,5)6/h8-10,19H,11-12H2,1-7H3,(H,20,21)/p+1. The van der Waals surface area contributed by atoms with Gasteiger partial charge in [-0.15, -0.1) is 0 Å². The maximum absolute atomic E-state index is 12.0. The van der Waals surface area contributed by atoms with E-state index in [-0.39, 0.29) is 23.6 Å². The van der Waals surface area contributed by atoms with Crippen LogP contribution in [0.15, 0.2) is 18.2 Å². The third-order valence-corrected chi connectivity index (χ3v) is 3.08. The lowest BCUT2D eigenvalue weighted by Gasteiger charge is -2.22. The highest BCUT2D eigenvalue weighted by atomic mass is 16.5. The van der Waals surface area contributed by atoms with Crippen LogP contribution < -0.4 is 20.1 Å². The molecule has 0 spiro atoms. The predicted octanol–water partition coefficient (Wildman–Crippen LogP) is 1.85. The zero-order valence-corrected chi connectivity index (χ0v) is 15.4. The Morgan fingerprint density at radius 1 is 1.17 bits per heavy atom. The Morgan fingerprint density at radius 3 is 2.35 bits per heavy atom. The third-order valence-electron chi connectivity index (χ3n) is 3.08. The van der Waals surface area contributed by atoms with Gasteiger partial charge in [0.2, 0.25) is 0 Å². The van der Waals surface area contributed by atoms with Crippen molar-refractivity contribution in [2.45, 2.75) is 59.2 Å². The lowest BCUT2D eigenvalue weighted by molar-refractivity contribution is -0.731. The van der Waals surface area contributed by atoms with Crippen LogP contribution in [0.4, 0.5) is 0 Å². The topological polar surface area (TPSA) is 64.2 Å². The van der Waals surface area contributed by atoms with Gasteiger partial charge in [0.25, 0.3) is 5.91 Å². The quantitative estimate of drug-likeness (QED) is 0.840. The first-order chi connectivity index (χ1) is 10.5. The molecular formula is C18H31N2O3+. The van der Waals surface area contributed by atoms with E-state index in [9.17, 15) is 4.79 Å². The fourth-order valence-electron chi connectivity index (χ4n) is 2.05. The number of nitrogens with two attached hydrogens (primary N) is 1. The van der Waals surface area contributed by atoms with E-state index in [1.54, 1.807) is 7.11 Å². The van der Waals surface area contributed by atoms with Crippen molar-refractivity contribution in [2.24, 2.45) is 0 Å². The van der Waals surface area contributed by atoms with Crippen molar-refractivity contribution in [2.75, 3.05) is 13.7 Å². The first kappa shape index (κ1) is 19.3. The Kier molecular flexibility index (Phi) is 6.45. The van der Waals surface area contributed by atoms with Crippen LogP contribution in [0.5, 0.6) is 11.5 Å². The van der Waals surface area contributed by atoms with E-state index >= 15 is 0 Å². The van der Waals surface area contributed by atoms with Gasteiger partial charge in [-0.2, -0.15) is 0 Å². The highest BCUT2D eigenvalue weighted by molar-refractivity contribution is 5.78. The molecular weight excluding hydrogens is 292 g/mol. The summed E-state index contributed by atoms with van der Waals surface area (Å²) < 4.78 is 11.2. The van der Waals surface area contributed by atoms with Crippen molar-refractivity contribution in [3.63, 3.8) is 0 Å². The molecule has 0 aliphatic rings. The largest absolute Gasteiger partial charge is 0.493 e. The Hall–Kier alpha value is -1.75. The molecule has 0 aliphatic carbocycles. The predicted molar refractivity (Wildman–Crippen MR) is 91.8 cm³/mol. The normalized spacial score (nSPS) is 12.0. The minimum absolute atomic E-state index is 0.0276. The zero-order valence-electron chi connectivity index (χ0n) is 15.4. The molecule has 1 aromatic carbocycles. The number of benzene rings is 1. The molecule has 5 nitrogen and oxygen atoms in total. The van der Waals surface area contributed by atoms with Crippen molar-refractivity contribution in [1.29, 1.82) is 0 Å². The second kappa shape index (κ2) is 7.68. The summed E-state index contributed by atoms with van der Waals surface area (Å²) in [4.78, 5) is 12.0. The molecule has 0 saturated heterocycles. The van der Waals surface area contributed by atoms with Gasteiger partial charge in [-0.3, -0.25) is 4.79 Å². The monoisotopic (exact) mass is 323 g/mol. The van der Waals surface area contributed by atoms with Crippen molar-refractivity contribution < 1.29 is 19.6 Å². The molecule has 0 heterocycles. The lowest BCUT2D eigenvalue weighted by atomic mass is 10.1. The number of hydrogen-bond acceptors (Lipinski definition) is 3. The van der Waals surface area contributed by atoms with E-state index in [0.29, 0.717) is 11.5 Å². The van der Waals surface area contributed by atoms with Gasteiger partial charge in [-0.1, -0.05) is 6.07 Å². The van der Waals surface area contributed by atoms with E-state index in [1.165, 1.54) is 0 Å². The van der Waals surface area contributed by atoms with Gasteiger partial charge in [0.1, 0.15) is 6.54 Å². The third kappa shape index (κ3) is 7.37. The van der Waals surface area contributed by atoms with Gasteiger partial charge >= 0.3 is 0 Å². The molecule has 1 aromatic rings. The molecule has 0 atom stereocenters. The number of nitrogens with one attached hydrogen (secondary N) is 1. The highest BCUT2D eigenvalue weighted by Gasteiger charge is 2.19. The van der Waals surface area contributed by atoms with Crippen LogP contribution in [0.25, 0.3) is 0 Å². The van der Waals surface area contributed by atoms with Crippen molar-refractivity contribution in [3.8, 4) is 11.5 Å². The average molecular weight is 323 g/mol. The minimum Gasteiger partial charge on any atom is -0.493 e. The van der Waals surface area contributed by atoms with Crippen LogP contribution in [0, 0.1) is 0 Å². The minimum atomic E-state index is -0.274. The Morgan fingerprint density at radius 2 is 1.83 bits per heavy atom. The summed E-state index contributed by atoms with van der Waals surface area (Å²) in [5.74, 6) is 1.14. The summed E-state index contributed by atoms with van der Waals surface area (Å²) in [6.07, 6.45) is 0. The molecule has 0 unspecified atom stereocenters. The molecule has 0 radical (unpaired) electrons. The van der Waals surface area contributed by atoms with E-state index in [2.05, 4.69) is 31.4 Å². The SMILES string of the molecule is COc1cccc(C[NH2+]C(C)(C)C)c1OCC(=O)NC(C)(C)C. The van der Waals surface area contributed by atoms with Crippen LogP contribution >= 0.6 is 0 Å². The summed E-state index contributed by atoms with van der Waals surface area (Å²) in [5, 5.41) is 5.12. The van der Waals surface area contributed by atoms with E-state index in [0.717, 1.165) is 12.1 Å². The Bertz CT molecular complexity index is 528. The molecule has 0 aromatic heterocycles. The molecule has 5 heteroatoms. The molecule has 0 aliphatic heterocycles. The first-order valence-corrected chi connectivity index (χ1v) is 7.96. The highest BCUT2D eigenvalue weighted by Crippen LogP contribution is 2.30. The van der Waals surface area contributed by atoms with Crippen LogP contribution in [-0.4, -0.2) is 30.7 Å². The van der Waals surface area contributed by atoms with Crippen LogP contribution in [0.1, 0.15) is 47.1 Å². The number of amides is 1. The molecule has 0 saturated carbocycles. The average Bonchev–Trinajstić information content (AvgIpc) is 2.40. The van der Waals surface area contributed by atoms with Crippen LogP contribution in [-0.2, 0) is 11.3 Å². The fourth-order valence-corrected chi connectivity index (χ4v) is 2.05. The molecule has 0 fully saturated rings. The van der Waals surface area contributed by atoms with Crippen molar-refractivity contribution in [3.05, 3.63) is 23.8 Å². The number of methoxy groups -OCH3 is 1. The number of rotatable bonds is 6. The smallest absolute Gasteiger partial charge is 0.258 e. The number of carbonyl (C=O) groups excluding carboxylic acids is 1. The molecule has 3 N–H and O–H groups in total. The molecule has 1 amide bonds. The summed E-state index contributed by atoms with van der Waals surface area (Å²) in [6.45, 7) is 13.0.